The van der Waals surface area contributed by atoms with E-state index in [-0.39, 0.29) is 18.0 Å². The lowest BCUT2D eigenvalue weighted by molar-refractivity contribution is -0.153. The van der Waals surface area contributed by atoms with Crippen molar-refractivity contribution < 1.29 is 19.1 Å². The predicted molar refractivity (Wildman–Crippen MR) is 122 cm³/mol. The number of methoxy groups -OCH3 is 1. The van der Waals surface area contributed by atoms with Gasteiger partial charge in [0.15, 0.2) is 6.10 Å². The van der Waals surface area contributed by atoms with Crippen molar-refractivity contribution >= 4 is 39.9 Å². The first kappa shape index (κ1) is 22.2. The molecule has 2 aromatic carbocycles. The van der Waals surface area contributed by atoms with Gasteiger partial charge in [-0.25, -0.2) is 4.79 Å². The maximum atomic E-state index is 13.3. The van der Waals surface area contributed by atoms with Crippen molar-refractivity contribution in [2.24, 2.45) is 0 Å². The third-order valence-electron chi connectivity index (χ3n) is 5.49. The van der Waals surface area contributed by atoms with Gasteiger partial charge >= 0.3 is 5.97 Å². The first-order valence-electron chi connectivity index (χ1n) is 10.4. The number of hydrogen-bond acceptors (Lipinski definition) is 6. The Morgan fingerprint density at radius 2 is 2.03 bits per heavy atom. The monoisotopic (exact) mass is 453 g/mol. The molecule has 166 valence electrons. The van der Waals surface area contributed by atoms with Crippen molar-refractivity contribution in [2.75, 3.05) is 19.0 Å². The summed E-state index contributed by atoms with van der Waals surface area (Å²) in [6.07, 6.45) is 3.92. The van der Waals surface area contributed by atoms with E-state index in [1.807, 2.05) is 30.3 Å². The summed E-state index contributed by atoms with van der Waals surface area (Å²) in [4.78, 5) is 29.3. The molecule has 3 aromatic rings. The van der Waals surface area contributed by atoms with Crippen LogP contribution in [-0.4, -0.2) is 42.7 Å². The summed E-state index contributed by atoms with van der Waals surface area (Å²) < 4.78 is 10.5. The summed E-state index contributed by atoms with van der Waals surface area (Å²) in [6, 6.07) is 14.2. The zero-order valence-corrected chi connectivity index (χ0v) is 18.3. The molecule has 1 aliphatic heterocycles. The summed E-state index contributed by atoms with van der Waals surface area (Å²) in [5.74, 6) is -0.618. The average molecular weight is 454 g/mol. The molecule has 1 fully saturated rings. The highest BCUT2D eigenvalue weighted by Gasteiger charge is 2.32. The topological polar surface area (TPSA) is 89.5 Å². The van der Waals surface area contributed by atoms with Crippen molar-refractivity contribution in [2.45, 2.75) is 31.1 Å². The number of carbonyl (C=O) groups is 2. The highest BCUT2D eigenvalue weighted by Crippen LogP contribution is 2.26. The lowest BCUT2D eigenvalue weighted by Crippen LogP contribution is -2.38. The van der Waals surface area contributed by atoms with Crippen LogP contribution in [-0.2, 0) is 19.1 Å². The first-order valence-corrected chi connectivity index (χ1v) is 10.8. The number of rotatable bonds is 7. The Hall–Kier alpha value is -3.00. The van der Waals surface area contributed by atoms with E-state index in [4.69, 9.17) is 21.1 Å². The summed E-state index contributed by atoms with van der Waals surface area (Å²) in [6.45, 7) is 0.395. The molecule has 8 heteroatoms. The van der Waals surface area contributed by atoms with E-state index in [0.717, 1.165) is 16.3 Å². The van der Waals surface area contributed by atoms with Gasteiger partial charge in [0.1, 0.15) is 6.04 Å². The summed E-state index contributed by atoms with van der Waals surface area (Å²) in [5, 5.41) is 8.65. The largest absolute Gasteiger partial charge is 0.467 e. The van der Waals surface area contributed by atoms with Gasteiger partial charge in [-0.05, 0) is 30.5 Å². The summed E-state index contributed by atoms with van der Waals surface area (Å²) in [5.41, 5.74) is 1.36. The smallest absolute Gasteiger partial charge is 0.334 e. The maximum absolute atomic E-state index is 13.3. The Balaban J connectivity index is 1.52. The number of ether oxygens (including phenoxy) is 2. The Labute approximate surface area is 191 Å². The zero-order chi connectivity index (χ0) is 22.5. The lowest BCUT2D eigenvalue weighted by atomic mass is 10.0. The Kier molecular flexibility index (Phi) is 6.99. The number of hydrogen-bond donors (Lipinski definition) is 2. The molecule has 4 rings (SSSR count). The van der Waals surface area contributed by atoms with Gasteiger partial charge in [0.2, 0.25) is 5.91 Å². The number of carbonyl (C=O) groups excluding carboxylic acids is 2. The van der Waals surface area contributed by atoms with Crippen molar-refractivity contribution in [1.29, 1.82) is 0 Å². The van der Waals surface area contributed by atoms with E-state index in [1.54, 1.807) is 30.6 Å². The van der Waals surface area contributed by atoms with Crippen LogP contribution in [0.4, 0.5) is 5.69 Å². The van der Waals surface area contributed by atoms with E-state index in [2.05, 4.69) is 15.6 Å². The highest BCUT2D eigenvalue weighted by molar-refractivity contribution is 6.30. The number of halogens is 1. The minimum absolute atomic E-state index is 0.201. The number of aromatic nitrogens is 1. The van der Waals surface area contributed by atoms with Crippen molar-refractivity contribution in [3.63, 3.8) is 0 Å². The van der Waals surface area contributed by atoms with Gasteiger partial charge in [-0.1, -0.05) is 48.0 Å². The molecule has 2 heterocycles. The molecular weight excluding hydrogens is 430 g/mol. The van der Waals surface area contributed by atoms with Crippen LogP contribution in [0.5, 0.6) is 0 Å². The SMILES string of the molecule is COC(=O)[C@H]1CC[C@@H](CNC(C(=O)Nc2cncc3ccccc23)c2cccc(Cl)c2)O1. The van der Waals surface area contributed by atoms with Crippen LogP contribution in [0.15, 0.2) is 60.9 Å². The first-order chi connectivity index (χ1) is 15.5. The van der Waals surface area contributed by atoms with Crippen LogP contribution in [0.3, 0.4) is 0 Å². The van der Waals surface area contributed by atoms with Gasteiger partial charge in [-0.2, -0.15) is 0 Å². The molecule has 0 bridgehead atoms. The Morgan fingerprint density at radius 1 is 1.19 bits per heavy atom. The van der Waals surface area contributed by atoms with Gasteiger partial charge in [0.25, 0.3) is 0 Å². The van der Waals surface area contributed by atoms with Gasteiger partial charge in [-0.15, -0.1) is 0 Å². The van der Waals surface area contributed by atoms with Crippen LogP contribution >= 0.6 is 11.6 Å². The molecule has 2 N–H and O–H groups in total. The highest BCUT2D eigenvalue weighted by atomic mass is 35.5. The number of esters is 1. The fourth-order valence-corrected chi connectivity index (χ4v) is 4.08. The standard InChI is InChI=1S/C24H24ClN3O4/c1-31-24(30)21-10-9-18(32-21)13-27-22(15-6-4-7-17(25)11-15)23(29)28-20-14-26-12-16-5-2-3-8-19(16)20/h2-8,11-12,14,18,21-22,27H,9-10,13H2,1H3,(H,28,29)/t18-,21+,22?/m0/s1. The Morgan fingerprint density at radius 3 is 2.84 bits per heavy atom. The molecule has 0 aliphatic carbocycles. The van der Waals surface area contributed by atoms with E-state index in [1.165, 1.54) is 7.11 Å². The number of nitrogens with zero attached hydrogens (tertiary/aromatic N) is 1. The molecular formula is C24H24ClN3O4. The molecule has 1 aliphatic rings. The summed E-state index contributed by atoms with van der Waals surface area (Å²) in [7, 11) is 1.35. The third-order valence-corrected chi connectivity index (χ3v) is 5.73. The normalized spacial score (nSPS) is 18.9. The Bertz CT molecular complexity index is 1120. The number of nitrogens with one attached hydrogen (secondary N) is 2. The fraction of sp³-hybridized carbons (Fsp3) is 0.292. The number of anilines is 1. The summed E-state index contributed by atoms with van der Waals surface area (Å²) >= 11 is 6.18. The molecule has 32 heavy (non-hydrogen) atoms. The third kappa shape index (κ3) is 5.07. The van der Waals surface area contributed by atoms with Crippen LogP contribution < -0.4 is 10.6 Å². The second-order valence-corrected chi connectivity index (χ2v) is 8.08. The van der Waals surface area contributed by atoms with Crippen molar-refractivity contribution in [1.82, 2.24) is 10.3 Å². The zero-order valence-electron chi connectivity index (χ0n) is 17.6. The molecule has 1 saturated heterocycles. The van der Waals surface area contributed by atoms with Crippen LogP contribution in [0, 0.1) is 0 Å². The minimum atomic E-state index is -0.673. The van der Waals surface area contributed by atoms with Crippen molar-refractivity contribution in [3.8, 4) is 0 Å². The van der Waals surface area contributed by atoms with Gasteiger partial charge in [0.05, 0.1) is 25.1 Å². The number of pyridine rings is 1. The average Bonchev–Trinajstić information content (AvgIpc) is 3.28. The van der Waals surface area contributed by atoms with E-state index < -0.39 is 12.1 Å². The molecule has 0 spiro atoms. The van der Waals surface area contributed by atoms with Gasteiger partial charge < -0.3 is 14.8 Å². The molecule has 0 radical (unpaired) electrons. The lowest BCUT2D eigenvalue weighted by Gasteiger charge is -2.22. The van der Waals surface area contributed by atoms with Crippen LogP contribution in [0.1, 0.15) is 24.4 Å². The second-order valence-electron chi connectivity index (χ2n) is 7.64. The fourth-order valence-electron chi connectivity index (χ4n) is 3.88. The molecule has 1 unspecified atom stereocenters. The second kappa shape index (κ2) is 10.1. The van der Waals surface area contributed by atoms with E-state index >= 15 is 0 Å². The maximum Gasteiger partial charge on any atom is 0.334 e. The van der Waals surface area contributed by atoms with Crippen molar-refractivity contribution in [3.05, 3.63) is 71.5 Å². The van der Waals surface area contributed by atoms with Gasteiger partial charge in [0, 0.05) is 28.5 Å². The molecule has 7 nitrogen and oxygen atoms in total. The number of amides is 1. The number of fused-ring (bicyclic) bond motifs is 1. The molecule has 1 amide bonds. The van der Waals surface area contributed by atoms with Gasteiger partial charge in [-0.3, -0.25) is 15.1 Å². The molecule has 0 saturated carbocycles. The molecule has 1 aromatic heterocycles. The minimum Gasteiger partial charge on any atom is -0.467 e. The van der Waals surface area contributed by atoms with Crippen LogP contribution in [0.25, 0.3) is 10.8 Å². The molecule has 3 atom stereocenters. The van der Waals surface area contributed by atoms with E-state index in [0.29, 0.717) is 30.1 Å². The van der Waals surface area contributed by atoms with Crippen LogP contribution in [0.2, 0.25) is 5.02 Å². The quantitative estimate of drug-likeness (QED) is 0.528. The predicted octanol–water partition coefficient (Wildman–Crippen LogP) is 3.88. The number of benzene rings is 2. The van der Waals surface area contributed by atoms with E-state index in [9.17, 15) is 9.59 Å².